The molecule has 1 aliphatic heterocycles. The maximum atomic E-state index is 13.2. The number of amides is 3. The van der Waals surface area contributed by atoms with Crippen molar-refractivity contribution in [3.05, 3.63) is 29.8 Å². The molecule has 28 heavy (non-hydrogen) atoms. The molecule has 0 unspecified atom stereocenters. The first-order chi connectivity index (χ1) is 13.5. The summed E-state index contributed by atoms with van der Waals surface area (Å²) in [6, 6.07) is 7.12. The molecule has 3 amide bonds. The van der Waals surface area contributed by atoms with E-state index in [-0.39, 0.29) is 17.7 Å². The number of hydrogen-bond donors (Lipinski definition) is 1. The highest BCUT2D eigenvalue weighted by Gasteiger charge is 2.42. The quantitative estimate of drug-likeness (QED) is 0.818. The minimum atomic E-state index is -0.801. The SMILES string of the molecule is CCN(CC)C(=O)C1(NC(=O)c2ccc(N3CCCC3=O)cc2)CCCCC1. The van der Waals surface area contributed by atoms with Gasteiger partial charge < -0.3 is 15.1 Å². The van der Waals surface area contributed by atoms with Crippen molar-refractivity contribution in [1.82, 2.24) is 10.2 Å². The third-order valence-corrected chi connectivity index (χ3v) is 6.03. The Hall–Kier alpha value is -2.37. The van der Waals surface area contributed by atoms with Gasteiger partial charge in [0.15, 0.2) is 0 Å². The van der Waals surface area contributed by atoms with Crippen molar-refractivity contribution < 1.29 is 14.4 Å². The second-order valence-electron chi connectivity index (χ2n) is 7.77. The van der Waals surface area contributed by atoms with E-state index in [4.69, 9.17) is 0 Å². The van der Waals surface area contributed by atoms with Gasteiger partial charge in [0.1, 0.15) is 5.54 Å². The molecule has 0 aromatic heterocycles. The van der Waals surface area contributed by atoms with E-state index in [1.807, 2.05) is 30.9 Å². The van der Waals surface area contributed by atoms with Gasteiger partial charge in [0.25, 0.3) is 5.91 Å². The van der Waals surface area contributed by atoms with Gasteiger partial charge in [-0.15, -0.1) is 0 Å². The lowest BCUT2D eigenvalue weighted by Crippen LogP contribution is -2.60. The van der Waals surface area contributed by atoms with E-state index < -0.39 is 5.54 Å². The van der Waals surface area contributed by atoms with Gasteiger partial charge in [0, 0.05) is 37.3 Å². The molecule has 3 rings (SSSR count). The minimum Gasteiger partial charge on any atom is -0.341 e. The lowest BCUT2D eigenvalue weighted by molar-refractivity contribution is -0.139. The molecule has 0 atom stereocenters. The number of benzene rings is 1. The normalized spacial score (nSPS) is 18.8. The Morgan fingerprint density at radius 3 is 2.21 bits per heavy atom. The third-order valence-electron chi connectivity index (χ3n) is 6.03. The van der Waals surface area contributed by atoms with Crippen molar-refractivity contribution in [2.75, 3.05) is 24.5 Å². The molecular weight excluding hydrogens is 354 g/mol. The molecule has 1 N–H and O–H groups in total. The highest BCUT2D eigenvalue weighted by molar-refractivity contribution is 6.00. The van der Waals surface area contributed by atoms with Crippen molar-refractivity contribution >= 4 is 23.4 Å². The Kier molecular flexibility index (Phi) is 6.37. The molecule has 6 nitrogen and oxygen atoms in total. The number of likely N-dealkylation sites (N-methyl/N-ethyl adjacent to an activating group) is 1. The van der Waals surface area contributed by atoms with E-state index in [0.717, 1.165) is 37.9 Å². The van der Waals surface area contributed by atoms with Gasteiger partial charge in [0.2, 0.25) is 11.8 Å². The predicted octanol–water partition coefficient (Wildman–Crippen LogP) is 3.11. The Labute approximate surface area is 167 Å². The maximum Gasteiger partial charge on any atom is 0.252 e. The molecule has 1 heterocycles. The number of carbonyl (C=O) groups excluding carboxylic acids is 3. The Balaban J connectivity index is 1.76. The highest BCUT2D eigenvalue weighted by atomic mass is 16.2. The van der Waals surface area contributed by atoms with Crippen LogP contribution in [0.15, 0.2) is 24.3 Å². The summed E-state index contributed by atoms with van der Waals surface area (Å²) in [5.41, 5.74) is 0.545. The van der Waals surface area contributed by atoms with Crippen LogP contribution in [0.4, 0.5) is 5.69 Å². The van der Waals surface area contributed by atoms with Crippen molar-refractivity contribution in [1.29, 1.82) is 0 Å². The summed E-state index contributed by atoms with van der Waals surface area (Å²) in [6.07, 6.45) is 5.83. The molecule has 1 aromatic carbocycles. The fourth-order valence-corrected chi connectivity index (χ4v) is 4.36. The topological polar surface area (TPSA) is 69.7 Å². The number of anilines is 1. The van der Waals surface area contributed by atoms with E-state index in [9.17, 15) is 14.4 Å². The van der Waals surface area contributed by atoms with Gasteiger partial charge in [-0.05, 0) is 57.4 Å². The molecule has 1 aliphatic carbocycles. The second kappa shape index (κ2) is 8.76. The third kappa shape index (κ3) is 4.05. The molecule has 1 aromatic rings. The van der Waals surface area contributed by atoms with Gasteiger partial charge in [-0.3, -0.25) is 14.4 Å². The first-order valence-electron chi connectivity index (χ1n) is 10.5. The van der Waals surface area contributed by atoms with Crippen molar-refractivity contribution in [2.45, 2.75) is 64.3 Å². The van der Waals surface area contributed by atoms with Gasteiger partial charge >= 0.3 is 0 Å². The summed E-state index contributed by atoms with van der Waals surface area (Å²) in [4.78, 5) is 41.6. The average molecular weight is 386 g/mol. The van der Waals surface area contributed by atoms with Crippen LogP contribution in [0.1, 0.15) is 69.2 Å². The summed E-state index contributed by atoms with van der Waals surface area (Å²) in [7, 11) is 0. The Morgan fingerprint density at radius 2 is 1.68 bits per heavy atom. The summed E-state index contributed by atoms with van der Waals surface area (Å²) in [5, 5.41) is 3.08. The van der Waals surface area contributed by atoms with Crippen LogP contribution in [0, 0.1) is 0 Å². The molecule has 0 radical (unpaired) electrons. The molecule has 2 aliphatic rings. The summed E-state index contributed by atoms with van der Waals surface area (Å²) >= 11 is 0. The van der Waals surface area contributed by atoms with E-state index in [1.165, 1.54) is 0 Å². The zero-order valence-electron chi connectivity index (χ0n) is 17.0. The van der Waals surface area contributed by atoms with Crippen LogP contribution in [0.3, 0.4) is 0 Å². The number of carbonyl (C=O) groups is 3. The van der Waals surface area contributed by atoms with E-state index in [0.29, 0.717) is 37.9 Å². The van der Waals surface area contributed by atoms with Gasteiger partial charge in [-0.25, -0.2) is 0 Å². The number of rotatable bonds is 6. The van der Waals surface area contributed by atoms with Crippen LogP contribution in [-0.2, 0) is 9.59 Å². The van der Waals surface area contributed by atoms with Gasteiger partial charge in [-0.2, -0.15) is 0 Å². The van der Waals surface area contributed by atoms with Crippen LogP contribution in [-0.4, -0.2) is 47.8 Å². The largest absolute Gasteiger partial charge is 0.341 e. The van der Waals surface area contributed by atoms with Gasteiger partial charge in [-0.1, -0.05) is 19.3 Å². The zero-order chi connectivity index (χ0) is 20.1. The first-order valence-corrected chi connectivity index (χ1v) is 10.5. The molecule has 152 valence electrons. The summed E-state index contributed by atoms with van der Waals surface area (Å²) in [6.45, 7) is 5.96. The summed E-state index contributed by atoms with van der Waals surface area (Å²) in [5.74, 6) is -0.0604. The van der Waals surface area contributed by atoms with Crippen LogP contribution in [0.5, 0.6) is 0 Å². The number of hydrogen-bond acceptors (Lipinski definition) is 3. The van der Waals surface area contributed by atoms with Crippen molar-refractivity contribution in [3.8, 4) is 0 Å². The van der Waals surface area contributed by atoms with Crippen LogP contribution < -0.4 is 10.2 Å². The van der Waals surface area contributed by atoms with Crippen LogP contribution >= 0.6 is 0 Å². The van der Waals surface area contributed by atoms with Crippen molar-refractivity contribution in [3.63, 3.8) is 0 Å². The Bertz CT molecular complexity index is 719. The molecule has 0 spiro atoms. The second-order valence-corrected chi connectivity index (χ2v) is 7.77. The number of nitrogens with zero attached hydrogens (tertiary/aromatic N) is 2. The fraction of sp³-hybridized carbons (Fsp3) is 0.591. The van der Waals surface area contributed by atoms with E-state index in [1.54, 1.807) is 17.0 Å². The zero-order valence-corrected chi connectivity index (χ0v) is 17.0. The number of nitrogens with one attached hydrogen (secondary N) is 1. The standard InChI is InChI=1S/C22H31N3O3/c1-3-24(4-2)21(28)22(14-6-5-7-15-22)23-20(27)17-10-12-18(13-11-17)25-16-8-9-19(25)26/h10-13H,3-9,14-16H2,1-2H3,(H,23,27). The fourth-order valence-electron chi connectivity index (χ4n) is 4.36. The molecule has 1 saturated heterocycles. The van der Waals surface area contributed by atoms with Crippen LogP contribution in [0.2, 0.25) is 0 Å². The molecule has 2 fully saturated rings. The van der Waals surface area contributed by atoms with E-state index >= 15 is 0 Å². The van der Waals surface area contributed by atoms with Crippen molar-refractivity contribution in [2.24, 2.45) is 0 Å². The summed E-state index contributed by atoms with van der Waals surface area (Å²) < 4.78 is 0. The Morgan fingerprint density at radius 1 is 1.04 bits per heavy atom. The molecular formula is C22H31N3O3. The van der Waals surface area contributed by atoms with Gasteiger partial charge in [0.05, 0.1) is 0 Å². The lowest BCUT2D eigenvalue weighted by Gasteiger charge is -2.40. The van der Waals surface area contributed by atoms with Crippen LogP contribution in [0.25, 0.3) is 0 Å². The maximum absolute atomic E-state index is 13.2. The monoisotopic (exact) mass is 385 g/mol. The average Bonchev–Trinajstić information content (AvgIpc) is 3.15. The molecule has 6 heteroatoms. The molecule has 1 saturated carbocycles. The first kappa shape index (κ1) is 20.4. The molecule has 0 bridgehead atoms. The predicted molar refractivity (Wildman–Crippen MR) is 109 cm³/mol. The smallest absolute Gasteiger partial charge is 0.252 e. The minimum absolute atomic E-state index is 0.0323. The lowest BCUT2D eigenvalue weighted by atomic mass is 9.80. The highest BCUT2D eigenvalue weighted by Crippen LogP contribution is 2.31. The van der Waals surface area contributed by atoms with E-state index in [2.05, 4.69) is 5.32 Å².